The maximum absolute atomic E-state index is 13.2. The molecule has 1 aliphatic heterocycles. The molecule has 1 aromatic heterocycles. The summed E-state index contributed by atoms with van der Waals surface area (Å²) in [6.07, 6.45) is 1.33. The summed E-state index contributed by atoms with van der Waals surface area (Å²) in [5.74, 6) is 1.94. The summed E-state index contributed by atoms with van der Waals surface area (Å²) in [6, 6.07) is 7.76. The monoisotopic (exact) mass is 459 g/mol. The molecular weight excluding hydrogens is 426 g/mol. The SMILES string of the molecule is Cc1noc(C)c1CSc1ccccc1C(=O)N1CCC(CNC(=O)OC(C)(C)C)CC1. The van der Waals surface area contributed by atoms with Gasteiger partial charge in [0.15, 0.2) is 0 Å². The Morgan fingerprint density at radius 3 is 2.53 bits per heavy atom. The van der Waals surface area contributed by atoms with E-state index in [-0.39, 0.29) is 12.0 Å². The number of piperidine rings is 1. The number of hydrogen-bond donors (Lipinski definition) is 1. The van der Waals surface area contributed by atoms with E-state index >= 15 is 0 Å². The van der Waals surface area contributed by atoms with E-state index in [1.54, 1.807) is 11.8 Å². The third kappa shape index (κ3) is 6.51. The zero-order valence-corrected chi connectivity index (χ0v) is 20.4. The topological polar surface area (TPSA) is 84.7 Å². The Bertz CT molecular complexity index is 923. The molecule has 0 atom stereocenters. The fraction of sp³-hybridized carbons (Fsp3) is 0.542. The number of carbonyl (C=O) groups excluding carboxylic acids is 2. The predicted octanol–water partition coefficient (Wildman–Crippen LogP) is 4.96. The smallest absolute Gasteiger partial charge is 0.407 e. The molecule has 32 heavy (non-hydrogen) atoms. The molecule has 2 heterocycles. The van der Waals surface area contributed by atoms with E-state index in [2.05, 4.69) is 10.5 Å². The van der Waals surface area contributed by atoms with Crippen LogP contribution in [0.2, 0.25) is 0 Å². The van der Waals surface area contributed by atoms with Gasteiger partial charge in [0.05, 0.1) is 11.3 Å². The lowest BCUT2D eigenvalue weighted by molar-refractivity contribution is 0.0500. The maximum Gasteiger partial charge on any atom is 0.407 e. The number of amides is 2. The van der Waals surface area contributed by atoms with Gasteiger partial charge >= 0.3 is 6.09 Å². The minimum atomic E-state index is -0.503. The maximum atomic E-state index is 13.2. The van der Waals surface area contributed by atoms with Crippen LogP contribution < -0.4 is 5.32 Å². The Morgan fingerprint density at radius 2 is 1.91 bits per heavy atom. The van der Waals surface area contributed by atoms with Crippen molar-refractivity contribution in [2.24, 2.45) is 5.92 Å². The van der Waals surface area contributed by atoms with Crippen LogP contribution in [0, 0.1) is 19.8 Å². The van der Waals surface area contributed by atoms with E-state index in [0.29, 0.717) is 31.3 Å². The highest BCUT2D eigenvalue weighted by atomic mass is 32.2. The van der Waals surface area contributed by atoms with Crippen LogP contribution in [-0.4, -0.2) is 47.3 Å². The van der Waals surface area contributed by atoms with Crippen molar-refractivity contribution in [2.45, 2.75) is 63.7 Å². The molecule has 1 aromatic carbocycles. The number of rotatable bonds is 6. The van der Waals surface area contributed by atoms with E-state index in [4.69, 9.17) is 9.26 Å². The summed E-state index contributed by atoms with van der Waals surface area (Å²) in [7, 11) is 0. The Kier molecular flexibility index (Phi) is 7.87. The minimum Gasteiger partial charge on any atom is -0.444 e. The van der Waals surface area contributed by atoms with Gasteiger partial charge in [-0.2, -0.15) is 0 Å². The van der Waals surface area contributed by atoms with Crippen LogP contribution in [0.1, 0.15) is 61.0 Å². The summed E-state index contributed by atoms with van der Waals surface area (Å²) in [6.45, 7) is 11.3. The van der Waals surface area contributed by atoms with Gasteiger partial charge in [0.25, 0.3) is 5.91 Å². The third-order valence-electron chi connectivity index (χ3n) is 5.51. The Hall–Kier alpha value is -2.48. The number of aromatic nitrogens is 1. The fourth-order valence-electron chi connectivity index (χ4n) is 3.68. The first kappa shape index (κ1) is 24.2. The standard InChI is InChI=1S/C24H33N3O4S/c1-16-20(17(2)31-26-16)15-32-21-9-7-6-8-19(21)22(28)27-12-10-18(11-13-27)14-25-23(29)30-24(3,4)5/h6-9,18H,10-15H2,1-5H3,(H,25,29). The van der Waals surface area contributed by atoms with Crippen LogP contribution in [0.4, 0.5) is 4.79 Å². The number of aryl methyl sites for hydroxylation is 2. The van der Waals surface area contributed by atoms with Gasteiger partial charge in [0.2, 0.25) is 0 Å². The van der Waals surface area contributed by atoms with Gasteiger partial charge in [0, 0.05) is 35.8 Å². The highest BCUT2D eigenvalue weighted by Gasteiger charge is 2.26. The molecule has 1 aliphatic rings. The van der Waals surface area contributed by atoms with E-state index < -0.39 is 5.60 Å². The fourth-order valence-corrected chi connectivity index (χ4v) is 4.88. The summed E-state index contributed by atoms with van der Waals surface area (Å²) in [5.41, 5.74) is 2.20. The first-order chi connectivity index (χ1) is 15.1. The number of benzene rings is 1. The van der Waals surface area contributed by atoms with Crippen molar-refractivity contribution < 1.29 is 18.8 Å². The normalized spacial score (nSPS) is 15.0. The second-order valence-corrected chi connectivity index (χ2v) is 10.2. The molecule has 1 saturated heterocycles. The number of carbonyl (C=O) groups is 2. The lowest BCUT2D eigenvalue weighted by atomic mass is 9.96. The molecule has 0 radical (unpaired) electrons. The van der Waals surface area contributed by atoms with Gasteiger partial charge in [-0.25, -0.2) is 4.79 Å². The Balaban J connectivity index is 1.53. The molecule has 2 aromatic rings. The number of nitrogens with one attached hydrogen (secondary N) is 1. The van der Waals surface area contributed by atoms with Crippen molar-refractivity contribution >= 4 is 23.8 Å². The van der Waals surface area contributed by atoms with Crippen molar-refractivity contribution in [1.82, 2.24) is 15.4 Å². The molecule has 0 unspecified atom stereocenters. The highest BCUT2D eigenvalue weighted by molar-refractivity contribution is 7.98. The first-order valence-corrected chi connectivity index (χ1v) is 12.0. The van der Waals surface area contributed by atoms with Crippen molar-refractivity contribution in [2.75, 3.05) is 19.6 Å². The molecule has 7 nitrogen and oxygen atoms in total. The van der Waals surface area contributed by atoms with Gasteiger partial charge < -0.3 is 19.5 Å². The average molecular weight is 460 g/mol. The summed E-state index contributed by atoms with van der Waals surface area (Å²) < 4.78 is 10.5. The van der Waals surface area contributed by atoms with Gasteiger partial charge in [-0.1, -0.05) is 17.3 Å². The van der Waals surface area contributed by atoms with Crippen LogP contribution in [0.15, 0.2) is 33.7 Å². The third-order valence-corrected chi connectivity index (χ3v) is 6.61. The minimum absolute atomic E-state index is 0.0606. The van der Waals surface area contributed by atoms with Crippen molar-refractivity contribution in [1.29, 1.82) is 0 Å². The van der Waals surface area contributed by atoms with Crippen molar-refractivity contribution in [3.63, 3.8) is 0 Å². The van der Waals surface area contributed by atoms with E-state index in [1.165, 1.54) is 0 Å². The Labute approximate surface area is 194 Å². The number of nitrogens with zero attached hydrogens (tertiary/aromatic N) is 2. The van der Waals surface area contributed by atoms with Crippen LogP contribution in [0.25, 0.3) is 0 Å². The quantitative estimate of drug-likeness (QED) is 0.615. The zero-order valence-electron chi connectivity index (χ0n) is 19.6. The molecule has 0 aliphatic carbocycles. The van der Waals surface area contributed by atoms with Gasteiger partial charge in [-0.05, 0) is 65.5 Å². The van der Waals surface area contributed by atoms with E-state index in [9.17, 15) is 9.59 Å². The van der Waals surface area contributed by atoms with Crippen LogP contribution in [-0.2, 0) is 10.5 Å². The predicted molar refractivity (Wildman–Crippen MR) is 125 cm³/mol. The summed E-state index contributed by atoms with van der Waals surface area (Å²) in [4.78, 5) is 28.0. The lowest BCUT2D eigenvalue weighted by Gasteiger charge is -2.32. The van der Waals surface area contributed by atoms with Crippen LogP contribution in [0.5, 0.6) is 0 Å². The van der Waals surface area contributed by atoms with Crippen molar-refractivity contribution in [3.8, 4) is 0 Å². The summed E-state index contributed by atoms with van der Waals surface area (Å²) in [5, 5.41) is 6.86. The number of alkyl carbamates (subject to hydrolysis) is 1. The summed E-state index contributed by atoms with van der Waals surface area (Å²) >= 11 is 1.63. The highest BCUT2D eigenvalue weighted by Crippen LogP contribution is 2.30. The molecular formula is C24H33N3O4S. The average Bonchev–Trinajstić information content (AvgIpc) is 3.07. The number of ether oxygens (including phenoxy) is 1. The molecule has 3 rings (SSSR count). The van der Waals surface area contributed by atoms with Gasteiger partial charge in [-0.3, -0.25) is 4.79 Å². The molecule has 1 fully saturated rings. The Morgan fingerprint density at radius 1 is 1.22 bits per heavy atom. The first-order valence-electron chi connectivity index (χ1n) is 11.0. The molecule has 1 N–H and O–H groups in total. The zero-order chi connectivity index (χ0) is 23.3. The van der Waals surface area contributed by atoms with E-state index in [0.717, 1.165) is 40.3 Å². The molecule has 0 spiro atoms. The number of thioether (sulfide) groups is 1. The molecule has 8 heteroatoms. The number of hydrogen-bond acceptors (Lipinski definition) is 6. The van der Waals surface area contributed by atoms with Crippen molar-refractivity contribution in [3.05, 3.63) is 46.8 Å². The lowest BCUT2D eigenvalue weighted by Crippen LogP contribution is -2.42. The molecule has 2 amide bonds. The van der Waals surface area contributed by atoms with Gasteiger partial charge in [-0.15, -0.1) is 11.8 Å². The van der Waals surface area contributed by atoms with Gasteiger partial charge in [0.1, 0.15) is 11.4 Å². The molecule has 0 bridgehead atoms. The molecule has 174 valence electrons. The number of likely N-dealkylation sites (tertiary alicyclic amines) is 1. The second-order valence-electron chi connectivity index (χ2n) is 9.21. The second kappa shape index (κ2) is 10.4. The van der Waals surface area contributed by atoms with E-state index in [1.807, 2.05) is 63.8 Å². The van der Waals surface area contributed by atoms with Crippen LogP contribution in [0.3, 0.4) is 0 Å². The van der Waals surface area contributed by atoms with Crippen LogP contribution >= 0.6 is 11.8 Å². The molecule has 0 saturated carbocycles. The largest absolute Gasteiger partial charge is 0.444 e.